The highest BCUT2D eigenvalue weighted by Crippen LogP contribution is 2.13. The molecule has 1 fully saturated rings. The summed E-state index contributed by atoms with van der Waals surface area (Å²) in [4.78, 5) is 98.5. The van der Waals surface area contributed by atoms with Gasteiger partial charge in [-0.25, -0.2) is 14.6 Å². The number of imidazole rings is 1. The van der Waals surface area contributed by atoms with Gasteiger partial charge in [0.05, 0.1) is 12.4 Å². The average molecular weight is 885 g/mol. The monoisotopic (exact) mass is 884 g/mol. The molecular weight excluding hydrogens is 830 g/mol. The number of aromatic amines is 1. The number of nitrogens with zero attached hydrogens (tertiary/aromatic N) is 2. The van der Waals surface area contributed by atoms with Crippen molar-refractivity contribution in [3.8, 4) is 0 Å². The lowest BCUT2D eigenvalue weighted by Crippen LogP contribution is -2.60. The van der Waals surface area contributed by atoms with Crippen molar-refractivity contribution < 1.29 is 56.9 Å². The molecule has 1 aromatic rings. The van der Waals surface area contributed by atoms with Gasteiger partial charge in [-0.1, -0.05) is 0 Å². The predicted octanol–water partition coefficient (Wildman–Crippen LogP) is -2.29. The van der Waals surface area contributed by atoms with Crippen LogP contribution in [0.15, 0.2) is 17.5 Å². The van der Waals surface area contributed by atoms with Crippen LogP contribution in [0, 0.1) is 0 Å². The number of carbonyl (C=O) groups is 7. The number of unbranched alkanes of at least 4 members (excludes halogenated alkanes) is 1. The molecule has 0 bridgehead atoms. The lowest BCUT2D eigenvalue weighted by atomic mass is 10.0. The molecule has 2 heterocycles. The molecule has 6 atom stereocenters. The summed E-state index contributed by atoms with van der Waals surface area (Å²) in [7, 11) is 0. The standard InChI is InChI=1S/C31H54N12O7S2.C2HF3O2/c1-52-13-9-22(30(49)50)41-27(46)21(8-5-12-37-31(33)34)39-26(45)20(6-2-3-10-32)40-29(48)24(16-51)43-28(47)23(14-18-15-35-17-38-18)42-25(44)19-7-4-11-36-19;3-2(4,5)1(6)7/h15,17,19-24,36,51H,2-14,16,32H2,1H3,(H,35,38)(H,39,45)(H,40,48)(H,41,46)(H,42,44)(H,43,47)(H,49,50)(H4,33,34,37);(H,6,7). The highest BCUT2D eigenvalue weighted by Gasteiger charge is 2.38. The third-order valence-corrected chi connectivity index (χ3v) is 9.44. The van der Waals surface area contributed by atoms with Crippen molar-refractivity contribution in [2.75, 3.05) is 37.4 Å². The molecule has 59 heavy (non-hydrogen) atoms. The summed E-state index contributed by atoms with van der Waals surface area (Å²) < 4.78 is 31.7. The average Bonchev–Trinajstić information content (AvgIpc) is 3.91. The van der Waals surface area contributed by atoms with Crippen LogP contribution in [0.4, 0.5) is 13.2 Å². The number of aliphatic carboxylic acids is 2. The lowest BCUT2D eigenvalue weighted by molar-refractivity contribution is -0.192. The second kappa shape index (κ2) is 27.8. The number of amides is 5. The Balaban J connectivity index is 0.00000227. The largest absolute Gasteiger partial charge is 0.490 e. The van der Waals surface area contributed by atoms with Crippen LogP contribution in [0.25, 0.3) is 0 Å². The van der Waals surface area contributed by atoms with Crippen LogP contribution in [0.1, 0.15) is 57.1 Å². The number of nitrogens with two attached hydrogens (primary N) is 3. The maximum Gasteiger partial charge on any atom is 0.490 e. The molecule has 6 unspecified atom stereocenters. The summed E-state index contributed by atoms with van der Waals surface area (Å²) >= 11 is 5.69. The van der Waals surface area contributed by atoms with Crippen molar-refractivity contribution in [2.45, 2.75) is 100 Å². The van der Waals surface area contributed by atoms with Gasteiger partial charge < -0.3 is 64.3 Å². The van der Waals surface area contributed by atoms with E-state index in [2.05, 4.69) is 59.5 Å². The number of halogens is 3. The van der Waals surface area contributed by atoms with Crippen LogP contribution < -0.4 is 49.1 Å². The van der Waals surface area contributed by atoms with Gasteiger partial charge in [-0.2, -0.15) is 37.6 Å². The molecule has 0 radical (unpaired) electrons. The molecule has 1 aromatic heterocycles. The highest BCUT2D eigenvalue weighted by atomic mass is 32.2. The number of carboxylic acids is 2. The minimum absolute atomic E-state index is 0.0574. The van der Waals surface area contributed by atoms with Crippen LogP contribution in [-0.2, 0) is 40.0 Å². The fraction of sp³-hybridized carbons (Fsp3) is 0.667. The molecule has 5 amide bonds. The Bertz CT molecular complexity index is 1530. The number of aromatic nitrogens is 2. The molecule has 0 aromatic carbocycles. The zero-order valence-electron chi connectivity index (χ0n) is 32.4. The molecule has 334 valence electrons. The van der Waals surface area contributed by atoms with Crippen molar-refractivity contribution in [2.24, 2.45) is 22.2 Å². The number of carbonyl (C=O) groups excluding carboxylic acids is 5. The number of rotatable bonds is 25. The summed E-state index contributed by atoms with van der Waals surface area (Å²) in [6.45, 7) is 1.16. The Labute approximate surface area is 348 Å². The maximum atomic E-state index is 13.7. The summed E-state index contributed by atoms with van der Waals surface area (Å²) in [5.41, 5.74) is 17.1. The maximum absolute atomic E-state index is 13.7. The van der Waals surface area contributed by atoms with E-state index >= 15 is 0 Å². The van der Waals surface area contributed by atoms with E-state index < -0.39 is 78.0 Å². The van der Waals surface area contributed by atoms with E-state index in [1.54, 1.807) is 0 Å². The Kier molecular flexibility index (Phi) is 24.6. The minimum Gasteiger partial charge on any atom is -0.480 e. The number of aliphatic imine (C=N–C) groups is 1. The number of guanidine groups is 1. The van der Waals surface area contributed by atoms with Crippen LogP contribution in [0.3, 0.4) is 0 Å². The molecule has 26 heteroatoms. The van der Waals surface area contributed by atoms with Crippen molar-refractivity contribution in [1.82, 2.24) is 41.9 Å². The van der Waals surface area contributed by atoms with Crippen molar-refractivity contribution in [3.63, 3.8) is 0 Å². The van der Waals surface area contributed by atoms with Crippen molar-refractivity contribution >= 4 is 71.8 Å². The van der Waals surface area contributed by atoms with Gasteiger partial charge in [-0.05, 0) is 76.5 Å². The Morgan fingerprint density at radius 1 is 0.898 bits per heavy atom. The number of H-pyrrole nitrogens is 1. The molecule has 0 saturated carbocycles. The Hall–Kier alpha value is -4.82. The van der Waals surface area contributed by atoms with E-state index in [-0.39, 0.29) is 56.3 Å². The molecule has 0 spiro atoms. The first-order valence-corrected chi connectivity index (χ1v) is 20.5. The molecule has 15 N–H and O–H groups in total. The van der Waals surface area contributed by atoms with Crippen LogP contribution in [0.2, 0.25) is 0 Å². The van der Waals surface area contributed by atoms with Gasteiger partial charge in [0.25, 0.3) is 0 Å². The first-order valence-electron chi connectivity index (χ1n) is 18.4. The van der Waals surface area contributed by atoms with Gasteiger partial charge in [0.1, 0.15) is 30.2 Å². The van der Waals surface area contributed by atoms with E-state index in [1.165, 1.54) is 24.3 Å². The number of thiol groups is 1. The van der Waals surface area contributed by atoms with Gasteiger partial charge >= 0.3 is 18.1 Å². The molecular formula is C33H55F3N12O9S2. The number of carboxylic acid groups (broad SMARTS) is 2. The highest BCUT2D eigenvalue weighted by molar-refractivity contribution is 7.98. The fourth-order valence-corrected chi connectivity index (χ4v) is 6.05. The Morgan fingerprint density at radius 2 is 1.46 bits per heavy atom. The zero-order chi connectivity index (χ0) is 44.5. The van der Waals surface area contributed by atoms with E-state index in [1.807, 2.05) is 6.26 Å². The quantitative estimate of drug-likeness (QED) is 0.0213. The summed E-state index contributed by atoms with van der Waals surface area (Å²) in [5, 5.41) is 33.1. The fourth-order valence-electron chi connectivity index (χ4n) is 5.32. The number of nitrogens with one attached hydrogen (secondary N) is 7. The molecule has 1 aliphatic rings. The molecule has 0 aliphatic carbocycles. The molecule has 2 rings (SSSR count). The predicted molar refractivity (Wildman–Crippen MR) is 214 cm³/mol. The number of thioether (sulfide) groups is 1. The summed E-state index contributed by atoms with van der Waals surface area (Å²) in [5.74, 6) is -6.95. The van der Waals surface area contributed by atoms with Gasteiger partial charge in [0.15, 0.2) is 5.96 Å². The molecule has 1 saturated heterocycles. The summed E-state index contributed by atoms with van der Waals surface area (Å²) in [6.07, 6.45) is 2.81. The van der Waals surface area contributed by atoms with Crippen LogP contribution in [-0.4, -0.2) is 147 Å². The van der Waals surface area contributed by atoms with Gasteiger partial charge in [-0.3, -0.25) is 29.0 Å². The first kappa shape index (κ1) is 52.2. The Morgan fingerprint density at radius 3 is 1.93 bits per heavy atom. The SMILES string of the molecule is CSCCC(NC(=O)C(CCCN=C(N)N)NC(=O)C(CCCCN)NC(=O)C(CS)NC(=O)C(Cc1cnc[nH]1)NC(=O)C1CCCN1)C(=O)O.O=C(O)C(F)(F)F. The second-order valence-corrected chi connectivity index (χ2v) is 14.4. The number of alkyl halides is 3. The number of hydrogen-bond donors (Lipinski definition) is 13. The van der Waals surface area contributed by atoms with Crippen LogP contribution >= 0.6 is 24.4 Å². The van der Waals surface area contributed by atoms with E-state index in [9.17, 15) is 47.0 Å². The zero-order valence-corrected chi connectivity index (χ0v) is 34.1. The van der Waals surface area contributed by atoms with E-state index in [4.69, 9.17) is 27.1 Å². The summed E-state index contributed by atoms with van der Waals surface area (Å²) in [6, 6.07) is -6.25. The molecule has 1 aliphatic heterocycles. The first-order chi connectivity index (χ1) is 27.8. The van der Waals surface area contributed by atoms with Gasteiger partial charge in [0.2, 0.25) is 29.5 Å². The lowest BCUT2D eigenvalue weighted by Gasteiger charge is -2.27. The minimum atomic E-state index is -5.08. The third kappa shape index (κ3) is 21.1. The normalized spacial score (nSPS) is 16.1. The van der Waals surface area contributed by atoms with Gasteiger partial charge in [-0.15, -0.1) is 0 Å². The second-order valence-electron chi connectivity index (χ2n) is 13.1. The van der Waals surface area contributed by atoms with E-state index in [0.717, 1.165) is 6.42 Å². The third-order valence-electron chi connectivity index (χ3n) is 8.43. The number of hydrogen-bond acceptors (Lipinski definition) is 13. The van der Waals surface area contributed by atoms with Crippen molar-refractivity contribution in [1.29, 1.82) is 0 Å². The smallest absolute Gasteiger partial charge is 0.480 e. The topological polar surface area (TPSA) is 351 Å². The molecule has 21 nitrogen and oxygen atoms in total. The van der Waals surface area contributed by atoms with Gasteiger partial charge in [0, 0.05) is 30.6 Å². The van der Waals surface area contributed by atoms with Crippen molar-refractivity contribution in [3.05, 3.63) is 18.2 Å². The van der Waals surface area contributed by atoms with Crippen LogP contribution in [0.5, 0.6) is 0 Å². The van der Waals surface area contributed by atoms with E-state index in [0.29, 0.717) is 43.8 Å².